The second kappa shape index (κ2) is 13.1. The summed E-state index contributed by atoms with van der Waals surface area (Å²) in [5.41, 5.74) is 6.18. The number of aliphatic imine (C=N–C) groups is 2. The van der Waals surface area contributed by atoms with Crippen molar-refractivity contribution in [2.24, 2.45) is 9.98 Å². The third kappa shape index (κ3) is 6.78. The summed E-state index contributed by atoms with van der Waals surface area (Å²) >= 11 is 0. The highest BCUT2D eigenvalue weighted by molar-refractivity contribution is 5.85. The lowest BCUT2D eigenvalue weighted by molar-refractivity contribution is 0.397. The van der Waals surface area contributed by atoms with Crippen LogP contribution in [0.5, 0.6) is 11.5 Å². The van der Waals surface area contributed by atoms with Crippen molar-refractivity contribution < 1.29 is 10.2 Å². The van der Waals surface area contributed by atoms with Gasteiger partial charge in [0.15, 0.2) is 0 Å². The molecule has 4 unspecified atom stereocenters. The highest BCUT2D eigenvalue weighted by atomic mass is 16.3. The van der Waals surface area contributed by atoms with E-state index < -0.39 is 0 Å². The SMILES string of the molecule is CCc1cc(C(C)CC)cc(C=NC2CCCC(N=Cc3cc(C(C)CC)cc(CC)c3O)C2)c1O. The maximum absolute atomic E-state index is 10.8. The van der Waals surface area contributed by atoms with Crippen molar-refractivity contribution in [2.45, 2.75) is 117 Å². The summed E-state index contributed by atoms with van der Waals surface area (Å²) in [6.07, 6.45) is 11.6. The number of aryl methyl sites for hydroxylation is 2. The minimum absolute atomic E-state index is 0.198. The first-order valence-electron chi connectivity index (χ1n) is 14.1. The van der Waals surface area contributed by atoms with E-state index in [2.05, 4.69) is 65.8 Å². The molecule has 2 aromatic carbocycles. The number of benzene rings is 2. The molecule has 0 bridgehead atoms. The third-order valence-corrected chi connectivity index (χ3v) is 8.07. The number of phenols is 2. The normalized spacial score (nSPS) is 20.3. The lowest BCUT2D eigenvalue weighted by Gasteiger charge is -2.24. The van der Waals surface area contributed by atoms with Gasteiger partial charge in [-0.25, -0.2) is 0 Å². The van der Waals surface area contributed by atoms with E-state index in [9.17, 15) is 10.2 Å². The molecule has 1 saturated carbocycles. The van der Waals surface area contributed by atoms with Crippen LogP contribution in [0.3, 0.4) is 0 Å². The lowest BCUT2D eigenvalue weighted by Crippen LogP contribution is -2.21. The first-order valence-corrected chi connectivity index (χ1v) is 14.1. The van der Waals surface area contributed by atoms with Crippen LogP contribution in [0.1, 0.15) is 125 Å². The van der Waals surface area contributed by atoms with E-state index in [1.54, 1.807) is 0 Å². The van der Waals surface area contributed by atoms with E-state index in [0.717, 1.165) is 73.6 Å². The summed E-state index contributed by atoms with van der Waals surface area (Å²) in [7, 11) is 0. The standard InChI is InChI=1S/C32H46N2O2/c1-7-21(5)25-14-23(9-3)31(35)27(16-25)19-33-29-12-11-13-30(18-29)34-20-28-17-26(22(6)8-2)15-24(10-4)32(28)36/h14-17,19-22,29-30,35-36H,7-13,18H2,1-6H3. The number of nitrogens with zero attached hydrogens (tertiary/aromatic N) is 2. The van der Waals surface area contributed by atoms with E-state index >= 15 is 0 Å². The van der Waals surface area contributed by atoms with Crippen LogP contribution in [0.25, 0.3) is 0 Å². The molecule has 0 heterocycles. The fourth-order valence-electron chi connectivity index (χ4n) is 5.05. The maximum atomic E-state index is 10.8. The fraction of sp³-hybridized carbons (Fsp3) is 0.562. The van der Waals surface area contributed by atoms with Crippen molar-refractivity contribution in [3.05, 3.63) is 57.6 Å². The molecule has 1 aliphatic rings. The van der Waals surface area contributed by atoms with Crippen molar-refractivity contribution >= 4 is 12.4 Å². The number of phenolic OH excluding ortho intramolecular Hbond substituents is 2. The molecule has 2 N–H and O–H groups in total. The van der Waals surface area contributed by atoms with Crippen molar-refractivity contribution in [1.82, 2.24) is 0 Å². The van der Waals surface area contributed by atoms with Gasteiger partial charge in [-0.1, -0.05) is 53.7 Å². The Kier molecular flexibility index (Phi) is 10.2. The van der Waals surface area contributed by atoms with Gasteiger partial charge in [0.1, 0.15) is 11.5 Å². The number of hydrogen-bond acceptors (Lipinski definition) is 4. The summed E-state index contributed by atoms with van der Waals surface area (Å²) in [5, 5.41) is 21.5. The molecular formula is C32H46N2O2. The minimum Gasteiger partial charge on any atom is -0.507 e. The summed E-state index contributed by atoms with van der Waals surface area (Å²) in [6.45, 7) is 13.0. The first kappa shape index (κ1) is 28.0. The van der Waals surface area contributed by atoms with Crippen LogP contribution in [0.4, 0.5) is 0 Å². The highest BCUT2D eigenvalue weighted by Gasteiger charge is 2.21. The second-order valence-corrected chi connectivity index (χ2v) is 10.6. The average Bonchev–Trinajstić information content (AvgIpc) is 2.91. The predicted molar refractivity (Wildman–Crippen MR) is 154 cm³/mol. The van der Waals surface area contributed by atoms with Crippen molar-refractivity contribution in [2.75, 3.05) is 0 Å². The number of hydrogen-bond donors (Lipinski definition) is 2. The van der Waals surface area contributed by atoms with Gasteiger partial charge in [-0.15, -0.1) is 0 Å². The molecule has 36 heavy (non-hydrogen) atoms. The van der Waals surface area contributed by atoms with Gasteiger partial charge < -0.3 is 10.2 Å². The molecule has 0 aromatic heterocycles. The van der Waals surface area contributed by atoms with Crippen molar-refractivity contribution in [3.8, 4) is 11.5 Å². The van der Waals surface area contributed by atoms with E-state index in [-0.39, 0.29) is 12.1 Å². The van der Waals surface area contributed by atoms with Gasteiger partial charge in [0.25, 0.3) is 0 Å². The number of aromatic hydroxyl groups is 2. The fourth-order valence-corrected chi connectivity index (χ4v) is 5.05. The lowest BCUT2D eigenvalue weighted by atomic mass is 9.91. The molecule has 4 atom stereocenters. The molecular weight excluding hydrogens is 444 g/mol. The van der Waals surface area contributed by atoms with Crippen molar-refractivity contribution in [3.63, 3.8) is 0 Å². The van der Waals surface area contributed by atoms with E-state index in [0.29, 0.717) is 23.3 Å². The Bertz CT molecular complexity index is 989. The van der Waals surface area contributed by atoms with E-state index in [4.69, 9.17) is 9.98 Å². The predicted octanol–water partition coefficient (Wildman–Crippen LogP) is 8.10. The molecule has 0 amide bonds. The molecule has 4 nitrogen and oxygen atoms in total. The van der Waals surface area contributed by atoms with Gasteiger partial charge in [0.2, 0.25) is 0 Å². The van der Waals surface area contributed by atoms with E-state index in [1.165, 1.54) is 11.1 Å². The van der Waals surface area contributed by atoms with Crippen LogP contribution in [-0.2, 0) is 12.8 Å². The zero-order valence-electron chi connectivity index (χ0n) is 23.2. The van der Waals surface area contributed by atoms with Gasteiger partial charge in [-0.05, 0) is 97.6 Å². The molecule has 4 heteroatoms. The van der Waals surface area contributed by atoms with Crippen LogP contribution >= 0.6 is 0 Å². The minimum atomic E-state index is 0.198. The topological polar surface area (TPSA) is 65.2 Å². The molecule has 0 spiro atoms. The smallest absolute Gasteiger partial charge is 0.127 e. The monoisotopic (exact) mass is 490 g/mol. The van der Waals surface area contributed by atoms with Crippen LogP contribution in [-0.4, -0.2) is 34.7 Å². The van der Waals surface area contributed by atoms with Crippen LogP contribution < -0.4 is 0 Å². The summed E-state index contributed by atoms with van der Waals surface area (Å²) in [5.74, 6) is 1.64. The highest BCUT2D eigenvalue weighted by Crippen LogP contribution is 2.31. The summed E-state index contributed by atoms with van der Waals surface area (Å²) in [6, 6.07) is 8.88. The molecule has 0 saturated heterocycles. The quantitative estimate of drug-likeness (QED) is 0.330. The Morgan fingerprint density at radius 3 is 1.53 bits per heavy atom. The Hall–Kier alpha value is -2.62. The average molecular weight is 491 g/mol. The molecule has 1 fully saturated rings. The van der Waals surface area contributed by atoms with Crippen molar-refractivity contribution in [1.29, 1.82) is 0 Å². The Labute approximate surface area is 218 Å². The summed E-state index contributed by atoms with van der Waals surface area (Å²) < 4.78 is 0. The number of rotatable bonds is 10. The first-order chi connectivity index (χ1) is 17.3. The van der Waals surface area contributed by atoms with Crippen LogP contribution in [0.15, 0.2) is 34.3 Å². The molecule has 196 valence electrons. The van der Waals surface area contributed by atoms with Crippen LogP contribution in [0.2, 0.25) is 0 Å². The molecule has 3 rings (SSSR count). The van der Waals surface area contributed by atoms with Gasteiger partial charge >= 0.3 is 0 Å². The van der Waals surface area contributed by atoms with Gasteiger partial charge in [-0.2, -0.15) is 0 Å². The molecule has 1 aliphatic carbocycles. The second-order valence-electron chi connectivity index (χ2n) is 10.6. The Morgan fingerprint density at radius 2 is 1.17 bits per heavy atom. The largest absolute Gasteiger partial charge is 0.507 e. The molecule has 0 aliphatic heterocycles. The molecule has 0 radical (unpaired) electrons. The van der Waals surface area contributed by atoms with Gasteiger partial charge in [0, 0.05) is 23.6 Å². The van der Waals surface area contributed by atoms with Crippen LogP contribution in [0, 0.1) is 0 Å². The Balaban J connectivity index is 1.77. The van der Waals surface area contributed by atoms with Gasteiger partial charge in [-0.3, -0.25) is 9.98 Å². The van der Waals surface area contributed by atoms with E-state index in [1.807, 2.05) is 12.4 Å². The third-order valence-electron chi connectivity index (χ3n) is 8.07. The summed E-state index contributed by atoms with van der Waals surface area (Å²) in [4.78, 5) is 9.81. The maximum Gasteiger partial charge on any atom is 0.127 e. The zero-order chi connectivity index (χ0) is 26.2. The zero-order valence-corrected chi connectivity index (χ0v) is 23.2. The Morgan fingerprint density at radius 1 is 0.750 bits per heavy atom. The molecule has 2 aromatic rings. The van der Waals surface area contributed by atoms with Gasteiger partial charge in [0.05, 0.1) is 12.1 Å².